The number of para-hydroxylation sites is 1. The van der Waals surface area contributed by atoms with E-state index in [1.54, 1.807) is 0 Å². The highest BCUT2D eigenvalue weighted by Gasteiger charge is 2.25. The number of fused-ring (bicyclic) bond motifs is 1. The van der Waals surface area contributed by atoms with Gasteiger partial charge in [0.25, 0.3) is 0 Å². The van der Waals surface area contributed by atoms with Crippen molar-refractivity contribution >= 4 is 10.9 Å². The normalized spacial score (nSPS) is 15.9. The molecule has 0 aliphatic rings. The lowest BCUT2D eigenvalue weighted by Gasteiger charge is -2.26. The summed E-state index contributed by atoms with van der Waals surface area (Å²) in [5, 5.41) is 1.30. The molecule has 2 aromatic rings. The molecule has 1 aromatic heterocycles. The summed E-state index contributed by atoms with van der Waals surface area (Å²) in [4.78, 5) is 3.36. The molecule has 1 N–H and O–H groups in total. The summed E-state index contributed by atoms with van der Waals surface area (Å²) in [6.07, 6.45) is 8.46. The minimum absolute atomic E-state index is 0.0108. The summed E-state index contributed by atoms with van der Waals surface area (Å²) in [5.74, 6) is 0.546. The smallest absolute Gasteiger partial charge is 0.0457 e. The van der Waals surface area contributed by atoms with Crippen molar-refractivity contribution < 1.29 is 0 Å². The van der Waals surface area contributed by atoms with E-state index < -0.39 is 0 Å². The third-order valence-electron chi connectivity index (χ3n) is 4.18. The zero-order valence-electron chi connectivity index (χ0n) is 11.9. The SMILES string of the molecule is C=CC(C)CCC(C)(C=C)c1c[nH]c2ccccc12. The van der Waals surface area contributed by atoms with E-state index >= 15 is 0 Å². The molecule has 0 bridgehead atoms. The molecule has 0 aliphatic carbocycles. The van der Waals surface area contributed by atoms with Gasteiger partial charge in [0.05, 0.1) is 0 Å². The Kier molecular flexibility index (Phi) is 3.94. The van der Waals surface area contributed by atoms with Crippen LogP contribution in [0, 0.1) is 5.92 Å². The molecule has 19 heavy (non-hydrogen) atoms. The zero-order valence-corrected chi connectivity index (χ0v) is 11.9. The molecule has 1 heteroatoms. The van der Waals surface area contributed by atoms with E-state index in [2.05, 4.69) is 68.5 Å². The van der Waals surface area contributed by atoms with Gasteiger partial charge in [-0.05, 0) is 30.4 Å². The maximum Gasteiger partial charge on any atom is 0.0457 e. The number of nitrogens with one attached hydrogen (secondary N) is 1. The average Bonchev–Trinajstić information content (AvgIpc) is 2.89. The molecule has 0 spiro atoms. The van der Waals surface area contributed by atoms with Crippen LogP contribution in [0.2, 0.25) is 0 Å². The number of aromatic amines is 1. The van der Waals surface area contributed by atoms with Gasteiger partial charge in [-0.15, -0.1) is 13.2 Å². The first kappa shape index (κ1) is 13.7. The number of H-pyrrole nitrogens is 1. The Morgan fingerprint density at radius 1 is 1.32 bits per heavy atom. The second-order valence-electron chi connectivity index (χ2n) is 5.62. The van der Waals surface area contributed by atoms with Crippen molar-refractivity contribution in [2.75, 3.05) is 0 Å². The predicted octanol–water partition coefficient (Wildman–Crippen LogP) is 5.21. The van der Waals surface area contributed by atoms with Gasteiger partial charge < -0.3 is 4.98 Å². The van der Waals surface area contributed by atoms with Crippen molar-refractivity contribution in [2.45, 2.75) is 32.1 Å². The molecule has 0 saturated carbocycles. The largest absolute Gasteiger partial charge is 0.361 e. The van der Waals surface area contributed by atoms with E-state index in [-0.39, 0.29) is 5.41 Å². The molecule has 1 aromatic carbocycles. The first-order valence-electron chi connectivity index (χ1n) is 6.93. The summed E-state index contributed by atoms with van der Waals surface area (Å²) in [5.41, 5.74) is 2.55. The molecule has 2 rings (SSSR count). The summed E-state index contributed by atoms with van der Waals surface area (Å²) in [6, 6.07) is 8.46. The highest BCUT2D eigenvalue weighted by atomic mass is 14.7. The molecule has 0 aliphatic heterocycles. The van der Waals surface area contributed by atoms with Crippen LogP contribution < -0.4 is 0 Å². The minimum Gasteiger partial charge on any atom is -0.361 e. The van der Waals surface area contributed by atoms with Gasteiger partial charge in [0, 0.05) is 22.5 Å². The number of hydrogen-bond donors (Lipinski definition) is 1. The van der Waals surface area contributed by atoms with Gasteiger partial charge in [-0.1, -0.05) is 44.2 Å². The molecule has 100 valence electrons. The molecule has 2 atom stereocenters. The highest BCUT2D eigenvalue weighted by Crippen LogP contribution is 2.36. The first-order valence-corrected chi connectivity index (χ1v) is 6.93. The minimum atomic E-state index is 0.0108. The fraction of sp³-hybridized carbons (Fsp3) is 0.333. The van der Waals surface area contributed by atoms with E-state index in [9.17, 15) is 0 Å². The third-order valence-corrected chi connectivity index (χ3v) is 4.18. The average molecular weight is 253 g/mol. The Morgan fingerprint density at radius 3 is 2.74 bits per heavy atom. The fourth-order valence-corrected chi connectivity index (χ4v) is 2.54. The van der Waals surface area contributed by atoms with Gasteiger partial charge in [-0.25, -0.2) is 0 Å². The van der Waals surface area contributed by atoms with Crippen LogP contribution in [0.1, 0.15) is 32.3 Å². The quantitative estimate of drug-likeness (QED) is 0.680. The van der Waals surface area contributed by atoms with Crippen molar-refractivity contribution in [1.29, 1.82) is 0 Å². The predicted molar refractivity (Wildman–Crippen MR) is 84.4 cm³/mol. The second-order valence-corrected chi connectivity index (χ2v) is 5.62. The molecular weight excluding hydrogens is 230 g/mol. The standard InChI is InChI=1S/C18H23N/c1-5-14(3)11-12-18(4,6-2)16-13-19-17-10-8-7-9-15(16)17/h5-10,13-14,19H,1-2,11-12H2,3-4H3. The number of allylic oxidation sites excluding steroid dienone is 2. The highest BCUT2D eigenvalue weighted by molar-refractivity contribution is 5.84. The summed E-state index contributed by atoms with van der Waals surface area (Å²) < 4.78 is 0. The van der Waals surface area contributed by atoms with E-state index in [1.165, 1.54) is 16.5 Å². The van der Waals surface area contributed by atoms with Gasteiger partial charge in [0.1, 0.15) is 0 Å². The Hall–Kier alpha value is -1.76. The maximum atomic E-state index is 4.06. The van der Waals surface area contributed by atoms with Crippen LogP contribution in [0.15, 0.2) is 55.8 Å². The molecule has 0 amide bonds. The van der Waals surface area contributed by atoms with Gasteiger partial charge in [-0.2, -0.15) is 0 Å². The van der Waals surface area contributed by atoms with Gasteiger partial charge in [0.2, 0.25) is 0 Å². The lowest BCUT2D eigenvalue weighted by molar-refractivity contribution is 0.476. The monoisotopic (exact) mass is 253 g/mol. The van der Waals surface area contributed by atoms with Crippen molar-refractivity contribution in [2.24, 2.45) is 5.92 Å². The van der Waals surface area contributed by atoms with Gasteiger partial charge in [0.15, 0.2) is 0 Å². The van der Waals surface area contributed by atoms with E-state index in [0.717, 1.165) is 12.8 Å². The van der Waals surface area contributed by atoms with Crippen molar-refractivity contribution in [3.8, 4) is 0 Å². The van der Waals surface area contributed by atoms with Crippen LogP contribution in [0.4, 0.5) is 0 Å². The zero-order chi connectivity index (χ0) is 13.9. The number of rotatable bonds is 6. The Balaban J connectivity index is 2.34. The van der Waals surface area contributed by atoms with Crippen LogP contribution in [0.5, 0.6) is 0 Å². The molecular formula is C18H23N. The number of hydrogen-bond acceptors (Lipinski definition) is 0. The van der Waals surface area contributed by atoms with Crippen molar-refractivity contribution in [3.63, 3.8) is 0 Å². The van der Waals surface area contributed by atoms with Crippen LogP contribution in [0.3, 0.4) is 0 Å². The Labute approximate surface area is 116 Å². The Morgan fingerprint density at radius 2 is 2.05 bits per heavy atom. The second kappa shape index (κ2) is 5.48. The lowest BCUT2D eigenvalue weighted by Crippen LogP contribution is -2.19. The van der Waals surface area contributed by atoms with Crippen LogP contribution in [0.25, 0.3) is 10.9 Å². The Bertz CT molecular complexity index is 578. The molecule has 0 radical (unpaired) electrons. The maximum absolute atomic E-state index is 4.06. The fourth-order valence-electron chi connectivity index (χ4n) is 2.54. The topological polar surface area (TPSA) is 15.8 Å². The first-order chi connectivity index (χ1) is 9.10. The van der Waals surface area contributed by atoms with Crippen molar-refractivity contribution in [1.82, 2.24) is 4.98 Å². The lowest BCUT2D eigenvalue weighted by atomic mass is 9.77. The van der Waals surface area contributed by atoms with E-state index in [1.807, 2.05) is 6.08 Å². The molecule has 2 unspecified atom stereocenters. The summed E-state index contributed by atoms with van der Waals surface area (Å²) >= 11 is 0. The molecule has 0 fully saturated rings. The van der Waals surface area contributed by atoms with Gasteiger partial charge >= 0.3 is 0 Å². The van der Waals surface area contributed by atoms with Crippen LogP contribution >= 0.6 is 0 Å². The molecule has 0 saturated heterocycles. The van der Waals surface area contributed by atoms with Crippen LogP contribution in [-0.2, 0) is 5.41 Å². The number of benzene rings is 1. The molecule has 1 heterocycles. The van der Waals surface area contributed by atoms with Crippen molar-refractivity contribution in [3.05, 3.63) is 61.3 Å². The molecule has 1 nitrogen and oxygen atoms in total. The summed E-state index contributed by atoms with van der Waals surface area (Å²) in [7, 11) is 0. The number of aromatic nitrogens is 1. The third kappa shape index (κ3) is 2.65. The van der Waals surface area contributed by atoms with Gasteiger partial charge in [-0.3, -0.25) is 0 Å². The van der Waals surface area contributed by atoms with E-state index in [0.29, 0.717) is 5.92 Å². The summed E-state index contributed by atoms with van der Waals surface area (Å²) in [6.45, 7) is 12.4. The van der Waals surface area contributed by atoms with E-state index in [4.69, 9.17) is 0 Å². The van der Waals surface area contributed by atoms with Crippen LogP contribution in [-0.4, -0.2) is 4.98 Å².